The van der Waals surface area contributed by atoms with Crippen LogP contribution in [0.5, 0.6) is 5.75 Å². The monoisotopic (exact) mass is 284 g/mol. The average Bonchev–Trinajstić information content (AvgIpc) is 2.39. The van der Waals surface area contributed by atoms with Crippen LogP contribution in [0.3, 0.4) is 0 Å². The van der Waals surface area contributed by atoms with Crippen LogP contribution in [0.1, 0.15) is 16.8 Å². The first-order valence-electron chi connectivity index (χ1n) is 6.79. The van der Waals surface area contributed by atoms with E-state index in [1.165, 1.54) is 5.56 Å². The standard InChI is InChI=1S/C16H20N2OSi/c1-12-7-8-14(16(10-12)19-20(3)4)18-11-15-13(2)6-5-9-17-15/h5-11,20H,1-4H3. The maximum Gasteiger partial charge on any atom is 0.229 e. The van der Waals surface area contributed by atoms with Crippen molar-refractivity contribution < 1.29 is 4.43 Å². The van der Waals surface area contributed by atoms with Crippen molar-refractivity contribution in [3.05, 3.63) is 53.3 Å². The van der Waals surface area contributed by atoms with Gasteiger partial charge in [-0.3, -0.25) is 9.98 Å². The fraction of sp³-hybridized carbons (Fsp3) is 0.250. The zero-order valence-electron chi connectivity index (χ0n) is 12.4. The Morgan fingerprint density at radius 2 is 2.00 bits per heavy atom. The van der Waals surface area contributed by atoms with Gasteiger partial charge >= 0.3 is 0 Å². The Morgan fingerprint density at radius 1 is 1.20 bits per heavy atom. The highest BCUT2D eigenvalue weighted by molar-refractivity contribution is 6.49. The number of pyridine rings is 1. The predicted molar refractivity (Wildman–Crippen MR) is 86.9 cm³/mol. The van der Waals surface area contributed by atoms with E-state index in [2.05, 4.69) is 30.0 Å². The number of aryl methyl sites for hydroxylation is 2. The van der Waals surface area contributed by atoms with Crippen LogP contribution in [0.25, 0.3) is 0 Å². The van der Waals surface area contributed by atoms with Crippen molar-refractivity contribution >= 4 is 20.9 Å². The van der Waals surface area contributed by atoms with Gasteiger partial charge in [-0.2, -0.15) is 0 Å². The van der Waals surface area contributed by atoms with Gasteiger partial charge in [0.05, 0.1) is 11.9 Å². The first kappa shape index (κ1) is 14.5. The lowest BCUT2D eigenvalue weighted by Crippen LogP contribution is -2.11. The van der Waals surface area contributed by atoms with Gasteiger partial charge in [0.1, 0.15) is 11.4 Å². The molecule has 104 valence electrons. The van der Waals surface area contributed by atoms with Crippen molar-refractivity contribution in [1.82, 2.24) is 4.98 Å². The summed E-state index contributed by atoms with van der Waals surface area (Å²) in [4.78, 5) is 8.86. The van der Waals surface area contributed by atoms with E-state index in [4.69, 9.17) is 4.43 Å². The summed E-state index contributed by atoms with van der Waals surface area (Å²) in [6.45, 7) is 8.39. The van der Waals surface area contributed by atoms with E-state index in [0.29, 0.717) is 0 Å². The normalized spacial score (nSPS) is 11.2. The van der Waals surface area contributed by atoms with E-state index in [-0.39, 0.29) is 0 Å². The lowest BCUT2D eigenvalue weighted by molar-refractivity contribution is 0.581. The molecule has 0 atom stereocenters. The van der Waals surface area contributed by atoms with Gasteiger partial charge in [0.15, 0.2) is 0 Å². The fourth-order valence-electron chi connectivity index (χ4n) is 1.84. The molecule has 0 aliphatic heterocycles. The smallest absolute Gasteiger partial charge is 0.229 e. The molecule has 1 aromatic heterocycles. The largest absolute Gasteiger partial charge is 0.546 e. The average molecular weight is 284 g/mol. The molecule has 0 radical (unpaired) electrons. The first-order chi connectivity index (χ1) is 9.56. The molecule has 0 saturated heterocycles. The quantitative estimate of drug-likeness (QED) is 0.632. The second kappa shape index (κ2) is 6.48. The molecule has 0 unspecified atom stereocenters. The lowest BCUT2D eigenvalue weighted by Gasteiger charge is -2.12. The second-order valence-electron chi connectivity index (χ2n) is 5.10. The topological polar surface area (TPSA) is 34.5 Å². The highest BCUT2D eigenvalue weighted by Gasteiger charge is 2.06. The van der Waals surface area contributed by atoms with Crippen LogP contribution in [0.4, 0.5) is 5.69 Å². The summed E-state index contributed by atoms with van der Waals surface area (Å²) < 4.78 is 5.95. The highest BCUT2D eigenvalue weighted by atomic mass is 28.3. The number of hydrogen-bond acceptors (Lipinski definition) is 3. The zero-order chi connectivity index (χ0) is 14.5. The van der Waals surface area contributed by atoms with E-state index < -0.39 is 9.04 Å². The van der Waals surface area contributed by atoms with Crippen molar-refractivity contribution in [2.75, 3.05) is 0 Å². The maximum absolute atomic E-state index is 5.95. The number of hydrogen-bond donors (Lipinski definition) is 0. The van der Waals surface area contributed by atoms with E-state index in [0.717, 1.165) is 22.7 Å². The van der Waals surface area contributed by atoms with Crippen molar-refractivity contribution in [2.45, 2.75) is 26.9 Å². The minimum Gasteiger partial charge on any atom is -0.546 e. The van der Waals surface area contributed by atoms with Gasteiger partial charge in [-0.15, -0.1) is 0 Å². The van der Waals surface area contributed by atoms with E-state index >= 15 is 0 Å². The van der Waals surface area contributed by atoms with Crippen LogP contribution in [0, 0.1) is 13.8 Å². The molecule has 0 saturated carbocycles. The third-order valence-electron chi connectivity index (χ3n) is 2.85. The van der Waals surface area contributed by atoms with Crippen molar-refractivity contribution in [2.24, 2.45) is 4.99 Å². The molecule has 0 spiro atoms. The molecule has 4 heteroatoms. The van der Waals surface area contributed by atoms with Gasteiger partial charge in [0, 0.05) is 6.20 Å². The van der Waals surface area contributed by atoms with Gasteiger partial charge in [-0.05, 0) is 56.3 Å². The molecule has 0 amide bonds. The van der Waals surface area contributed by atoms with Gasteiger partial charge < -0.3 is 4.43 Å². The Balaban J connectivity index is 2.31. The Labute approximate surface area is 122 Å². The summed E-state index contributed by atoms with van der Waals surface area (Å²) >= 11 is 0. The van der Waals surface area contributed by atoms with Gasteiger partial charge in [0.2, 0.25) is 9.04 Å². The third kappa shape index (κ3) is 3.77. The SMILES string of the molecule is Cc1ccc(N=Cc2ncccc2C)c(O[SiH](C)C)c1. The number of rotatable bonds is 4. The van der Waals surface area contributed by atoms with Crippen molar-refractivity contribution in [3.8, 4) is 5.75 Å². The molecule has 3 nitrogen and oxygen atoms in total. The molecule has 2 aromatic rings. The molecular weight excluding hydrogens is 264 g/mol. The summed E-state index contributed by atoms with van der Waals surface area (Å²) in [5.74, 6) is 0.872. The first-order valence-corrected chi connectivity index (χ1v) is 9.57. The Kier molecular flexibility index (Phi) is 4.68. The molecule has 0 aliphatic rings. The van der Waals surface area contributed by atoms with Gasteiger partial charge in [-0.1, -0.05) is 12.1 Å². The number of aromatic nitrogens is 1. The number of nitrogens with zero attached hydrogens (tertiary/aromatic N) is 2. The molecule has 20 heavy (non-hydrogen) atoms. The molecule has 2 rings (SSSR count). The Morgan fingerprint density at radius 3 is 2.70 bits per heavy atom. The molecular formula is C16H20N2OSi. The van der Waals surface area contributed by atoms with Crippen LogP contribution in [-0.4, -0.2) is 20.2 Å². The summed E-state index contributed by atoms with van der Waals surface area (Å²) in [6.07, 6.45) is 3.58. The summed E-state index contributed by atoms with van der Waals surface area (Å²) in [7, 11) is -1.14. The Bertz CT molecular complexity index is 624. The van der Waals surface area contributed by atoms with E-state index in [1.54, 1.807) is 12.4 Å². The number of benzene rings is 1. The Hall–Kier alpha value is -1.94. The van der Waals surface area contributed by atoms with Crippen LogP contribution in [0.2, 0.25) is 13.1 Å². The summed E-state index contributed by atoms with van der Waals surface area (Å²) in [5.41, 5.74) is 4.05. The fourth-order valence-corrected chi connectivity index (χ4v) is 2.54. The van der Waals surface area contributed by atoms with E-state index in [9.17, 15) is 0 Å². The maximum atomic E-state index is 5.95. The molecule has 0 N–H and O–H groups in total. The van der Waals surface area contributed by atoms with Crippen LogP contribution < -0.4 is 4.43 Å². The van der Waals surface area contributed by atoms with Gasteiger partial charge in [0.25, 0.3) is 0 Å². The van der Waals surface area contributed by atoms with Gasteiger partial charge in [-0.25, -0.2) is 0 Å². The predicted octanol–water partition coefficient (Wildman–Crippen LogP) is 3.81. The van der Waals surface area contributed by atoms with Crippen LogP contribution in [-0.2, 0) is 0 Å². The number of aliphatic imine (C=N–C) groups is 1. The molecule has 1 aromatic carbocycles. The highest BCUT2D eigenvalue weighted by Crippen LogP contribution is 2.29. The molecule has 0 aliphatic carbocycles. The van der Waals surface area contributed by atoms with Crippen molar-refractivity contribution in [3.63, 3.8) is 0 Å². The molecule has 1 heterocycles. The third-order valence-corrected chi connectivity index (χ3v) is 3.58. The minimum absolute atomic E-state index is 0.863. The minimum atomic E-state index is -1.14. The van der Waals surface area contributed by atoms with Crippen LogP contribution in [0.15, 0.2) is 41.5 Å². The summed E-state index contributed by atoms with van der Waals surface area (Å²) in [5, 5.41) is 0. The molecule has 0 bridgehead atoms. The zero-order valence-corrected chi connectivity index (χ0v) is 13.6. The van der Waals surface area contributed by atoms with Crippen LogP contribution >= 0.6 is 0 Å². The summed E-state index contributed by atoms with van der Waals surface area (Å²) in [6, 6.07) is 10.0. The van der Waals surface area contributed by atoms with E-state index in [1.807, 2.05) is 37.3 Å². The second-order valence-corrected chi connectivity index (χ2v) is 7.43. The van der Waals surface area contributed by atoms with Crippen molar-refractivity contribution in [1.29, 1.82) is 0 Å². The molecule has 0 fully saturated rings. The lowest BCUT2D eigenvalue weighted by atomic mass is 10.2.